The van der Waals surface area contributed by atoms with Gasteiger partial charge >= 0.3 is 0 Å². The van der Waals surface area contributed by atoms with Gasteiger partial charge in [-0.25, -0.2) is 0 Å². The van der Waals surface area contributed by atoms with E-state index in [9.17, 15) is 0 Å². The van der Waals surface area contributed by atoms with Crippen molar-refractivity contribution in [1.29, 1.82) is 0 Å². The molecule has 0 amide bonds. The van der Waals surface area contributed by atoms with Gasteiger partial charge in [0.1, 0.15) is 5.75 Å². The normalized spacial score (nSPS) is 18.2. The molecule has 0 radical (unpaired) electrons. The van der Waals surface area contributed by atoms with E-state index < -0.39 is 0 Å². The fourth-order valence-electron chi connectivity index (χ4n) is 3.85. The van der Waals surface area contributed by atoms with E-state index in [0.717, 1.165) is 50.9 Å². The molecule has 0 aliphatic carbocycles. The Labute approximate surface area is 207 Å². The zero-order valence-corrected chi connectivity index (χ0v) is 22.0. The zero-order chi connectivity index (χ0) is 21.3. The van der Waals surface area contributed by atoms with Crippen molar-refractivity contribution in [3.05, 3.63) is 51.7 Å². The molecule has 3 rings (SSSR count). The molecular formula is C23H35IN4O2S. The van der Waals surface area contributed by atoms with E-state index in [0.29, 0.717) is 6.04 Å². The summed E-state index contributed by atoms with van der Waals surface area (Å²) in [6.07, 6.45) is 1.14. The fraction of sp³-hybridized carbons (Fsp3) is 0.522. The number of nitrogens with zero attached hydrogens (tertiary/aromatic N) is 2. The number of rotatable bonds is 8. The summed E-state index contributed by atoms with van der Waals surface area (Å²) in [6.45, 7) is 8.53. The second-order valence-electron chi connectivity index (χ2n) is 7.65. The Morgan fingerprint density at radius 2 is 2.19 bits per heavy atom. The summed E-state index contributed by atoms with van der Waals surface area (Å²) in [7, 11) is 3.54. The van der Waals surface area contributed by atoms with Crippen molar-refractivity contribution in [2.75, 3.05) is 46.9 Å². The van der Waals surface area contributed by atoms with Crippen LogP contribution >= 0.6 is 35.3 Å². The fourth-order valence-corrected chi connectivity index (χ4v) is 4.71. The molecule has 8 heteroatoms. The summed E-state index contributed by atoms with van der Waals surface area (Å²) >= 11 is 1.81. The summed E-state index contributed by atoms with van der Waals surface area (Å²) in [5.41, 5.74) is 2.45. The first-order valence-electron chi connectivity index (χ1n) is 10.6. The monoisotopic (exact) mass is 558 g/mol. The van der Waals surface area contributed by atoms with Crippen LogP contribution in [-0.4, -0.2) is 63.9 Å². The Morgan fingerprint density at radius 1 is 1.35 bits per heavy atom. The molecule has 1 aromatic heterocycles. The van der Waals surface area contributed by atoms with Crippen molar-refractivity contribution in [2.24, 2.45) is 4.99 Å². The number of thiophene rings is 1. The molecule has 0 bridgehead atoms. The first kappa shape index (κ1) is 25.9. The lowest BCUT2D eigenvalue weighted by molar-refractivity contribution is -0.0334. The van der Waals surface area contributed by atoms with Crippen molar-refractivity contribution in [3.63, 3.8) is 0 Å². The van der Waals surface area contributed by atoms with Gasteiger partial charge < -0.3 is 20.1 Å². The average molecular weight is 559 g/mol. The van der Waals surface area contributed by atoms with E-state index in [-0.39, 0.29) is 30.1 Å². The second kappa shape index (κ2) is 13.2. The number of hydrogen-bond acceptors (Lipinski definition) is 5. The Kier molecular flexibility index (Phi) is 11.1. The number of aliphatic imine (C=N–C) groups is 1. The van der Waals surface area contributed by atoms with Gasteiger partial charge in [-0.3, -0.25) is 9.89 Å². The third kappa shape index (κ3) is 7.62. The quantitative estimate of drug-likeness (QED) is 0.293. The molecule has 2 aromatic rings. The van der Waals surface area contributed by atoms with Crippen LogP contribution in [0, 0.1) is 6.92 Å². The standard InChI is InChI=1S/C23H34N4O2S.HI/c1-17-7-8-21(28-4)19(14-17)9-10-25-23(24-3)26-15-20(22-6-5-13-30-22)27-11-12-29-18(2)16-27;/h5-8,13-14,18,20H,9-12,15-16H2,1-4H3,(H2,24,25,26);1H. The van der Waals surface area contributed by atoms with Crippen LogP contribution in [0.3, 0.4) is 0 Å². The summed E-state index contributed by atoms with van der Waals surface area (Å²) in [5.74, 6) is 1.76. The van der Waals surface area contributed by atoms with Crippen molar-refractivity contribution in [2.45, 2.75) is 32.4 Å². The number of hydrogen-bond donors (Lipinski definition) is 2. The molecule has 2 atom stereocenters. The first-order valence-corrected chi connectivity index (χ1v) is 11.5. The minimum absolute atomic E-state index is 0. The Bertz CT molecular complexity index is 816. The molecular weight excluding hydrogens is 523 g/mol. The van der Waals surface area contributed by atoms with Gasteiger partial charge in [0.05, 0.1) is 25.9 Å². The third-order valence-corrected chi connectivity index (χ3v) is 6.37. The smallest absolute Gasteiger partial charge is 0.191 e. The molecule has 0 spiro atoms. The number of aryl methyl sites for hydroxylation is 1. The van der Waals surface area contributed by atoms with Crippen LogP contribution in [0.2, 0.25) is 0 Å². The van der Waals surface area contributed by atoms with E-state index >= 15 is 0 Å². The molecule has 2 heterocycles. The third-order valence-electron chi connectivity index (χ3n) is 5.39. The summed E-state index contributed by atoms with van der Waals surface area (Å²) in [6, 6.07) is 11.0. The predicted molar refractivity (Wildman–Crippen MR) is 140 cm³/mol. The minimum atomic E-state index is 0. The molecule has 2 unspecified atom stereocenters. The van der Waals surface area contributed by atoms with Gasteiger partial charge in [-0.15, -0.1) is 35.3 Å². The number of guanidine groups is 1. The molecule has 172 valence electrons. The lowest BCUT2D eigenvalue weighted by Crippen LogP contribution is -2.48. The van der Waals surface area contributed by atoms with Crippen molar-refractivity contribution in [1.82, 2.24) is 15.5 Å². The Balaban J connectivity index is 0.00000341. The van der Waals surface area contributed by atoms with Gasteiger partial charge in [-0.05, 0) is 43.3 Å². The number of benzene rings is 1. The maximum absolute atomic E-state index is 5.74. The average Bonchev–Trinajstić information content (AvgIpc) is 3.27. The van der Waals surface area contributed by atoms with Gasteiger partial charge in [-0.1, -0.05) is 23.8 Å². The molecule has 1 aliphatic rings. The Morgan fingerprint density at radius 3 is 2.87 bits per heavy atom. The zero-order valence-electron chi connectivity index (χ0n) is 18.9. The van der Waals surface area contributed by atoms with Crippen LogP contribution in [0.25, 0.3) is 0 Å². The highest BCUT2D eigenvalue weighted by Crippen LogP contribution is 2.26. The summed E-state index contributed by atoms with van der Waals surface area (Å²) in [5, 5.41) is 9.12. The van der Waals surface area contributed by atoms with Gasteiger partial charge in [-0.2, -0.15) is 0 Å². The molecule has 31 heavy (non-hydrogen) atoms. The van der Waals surface area contributed by atoms with Crippen LogP contribution in [0.4, 0.5) is 0 Å². The highest BCUT2D eigenvalue weighted by Gasteiger charge is 2.26. The number of methoxy groups -OCH3 is 1. The predicted octanol–water partition coefficient (Wildman–Crippen LogP) is 3.85. The molecule has 6 nitrogen and oxygen atoms in total. The molecule has 1 aliphatic heterocycles. The number of nitrogens with one attached hydrogen (secondary N) is 2. The van der Waals surface area contributed by atoms with Gasteiger partial charge in [0.2, 0.25) is 0 Å². The summed E-state index contributed by atoms with van der Waals surface area (Å²) in [4.78, 5) is 8.30. The maximum atomic E-state index is 5.74. The van der Waals surface area contributed by atoms with E-state index in [4.69, 9.17) is 9.47 Å². The largest absolute Gasteiger partial charge is 0.496 e. The number of ether oxygens (including phenoxy) is 2. The maximum Gasteiger partial charge on any atom is 0.191 e. The van der Waals surface area contributed by atoms with Crippen molar-refractivity contribution < 1.29 is 9.47 Å². The van der Waals surface area contributed by atoms with Crippen molar-refractivity contribution in [3.8, 4) is 5.75 Å². The van der Waals surface area contributed by atoms with Crippen LogP contribution in [0.1, 0.15) is 29.0 Å². The molecule has 2 N–H and O–H groups in total. The minimum Gasteiger partial charge on any atom is -0.496 e. The number of morpholine rings is 1. The highest BCUT2D eigenvalue weighted by molar-refractivity contribution is 14.0. The van der Waals surface area contributed by atoms with E-state index in [2.05, 4.69) is 64.0 Å². The van der Waals surface area contributed by atoms with Gasteiger partial charge in [0.25, 0.3) is 0 Å². The van der Waals surface area contributed by atoms with Crippen molar-refractivity contribution >= 4 is 41.3 Å². The Hall–Kier alpha value is -1.36. The second-order valence-corrected chi connectivity index (χ2v) is 8.63. The first-order chi connectivity index (χ1) is 14.6. The SMILES string of the molecule is CN=C(NCCc1cc(C)ccc1OC)NCC(c1cccs1)N1CCOC(C)C1.I. The molecule has 1 aromatic carbocycles. The summed E-state index contributed by atoms with van der Waals surface area (Å²) < 4.78 is 11.2. The highest BCUT2D eigenvalue weighted by atomic mass is 127. The van der Waals surface area contributed by atoms with Crippen LogP contribution in [0.5, 0.6) is 5.75 Å². The van der Waals surface area contributed by atoms with Crippen LogP contribution in [0.15, 0.2) is 40.7 Å². The van der Waals surface area contributed by atoms with Crippen LogP contribution < -0.4 is 15.4 Å². The van der Waals surface area contributed by atoms with Gasteiger partial charge in [0.15, 0.2) is 5.96 Å². The van der Waals surface area contributed by atoms with Crippen LogP contribution in [-0.2, 0) is 11.2 Å². The topological polar surface area (TPSA) is 58.1 Å². The lowest BCUT2D eigenvalue weighted by atomic mass is 10.1. The van der Waals surface area contributed by atoms with E-state index in [1.54, 1.807) is 7.11 Å². The molecule has 1 fully saturated rings. The number of halogens is 1. The van der Waals surface area contributed by atoms with Gasteiger partial charge in [0, 0.05) is 38.1 Å². The van der Waals surface area contributed by atoms with E-state index in [1.807, 2.05) is 24.5 Å². The lowest BCUT2D eigenvalue weighted by Gasteiger charge is -2.37. The molecule has 1 saturated heterocycles. The van der Waals surface area contributed by atoms with E-state index in [1.165, 1.54) is 16.0 Å². The molecule has 0 saturated carbocycles.